The molecule has 1 amide bonds. The fourth-order valence-electron chi connectivity index (χ4n) is 1.16. The average Bonchev–Trinajstić information content (AvgIpc) is 2.27. The van der Waals surface area contributed by atoms with Crippen LogP contribution < -0.4 is 5.32 Å². The number of halogens is 3. The van der Waals surface area contributed by atoms with E-state index in [4.69, 9.17) is 5.11 Å². The number of thioether (sulfide) groups is 1. The Morgan fingerprint density at radius 1 is 1.39 bits per heavy atom. The zero-order chi connectivity index (χ0) is 13.8. The van der Waals surface area contributed by atoms with Gasteiger partial charge in [-0.1, -0.05) is 0 Å². The number of nitrogens with one attached hydrogen (secondary N) is 1. The normalized spacial score (nSPS) is 13.2. The van der Waals surface area contributed by atoms with Crippen LogP contribution in [0.15, 0.2) is 29.2 Å². The first kappa shape index (κ1) is 14.8. The molecule has 0 bridgehead atoms. The third kappa shape index (κ3) is 4.97. The molecule has 0 aliphatic carbocycles. The minimum absolute atomic E-state index is 0.0225. The summed E-state index contributed by atoms with van der Waals surface area (Å²) in [5, 5.41) is 11.3. The van der Waals surface area contributed by atoms with Gasteiger partial charge in [0.2, 0.25) is 0 Å². The van der Waals surface area contributed by atoms with Crippen molar-refractivity contribution in [2.24, 2.45) is 0 Å². The fraction of sp³-hybridized carbons (Fsp3) is 0.364. The summed E-state index contributed by atoms with van der Waals surface area (Å²) in [5.41, 5.74) is -4.09. The molecular weight excluding hydrogens is 267 g/mol. The van der Waals surface area contributed by atoms with E-state index in [0.717, 1.165) is 0 Å². The summed E-state index contributed by atoms with van der Waals surface area (Å²) >= 11 is -0.232. The van der Waals surface area contributed by atoms with Crippen LogP contribution in [0, 0.1) is 0 Å². The zero-order valence-corrected chi connectivity index (χ0v) is 10.3. The van der Waals surface area contributed by atoms with Crippen LogP contribution in [0.25, 0.3) is 0 Å². The number of hydrogen-bond acceptors (Lipinski definition) is 3. The molecule has 1 atom stereocenters. The predicted octanol–water partition coefficient (Wildman–Crippen LogP) is 2.41. The van der Waals surface area contributed by atoms with E-state index in [1.54, 1.807) is 6.92 Å². The smallest absolute Gasteiger partial charge is 0.394 e. The van der Waals surface area contributed by atoms with Crippen molar-refractivity contribution in [3.8, 4) is 0 Å². The molecule has 0 spiro atoms. The molecule has 100 valence electrons. The molecule has 0 heterocycles. The van der Waals surface area contributed by atoms with Crippen molar-refractivity contribution in [2.75, 3.05) is 6.61 Å². The topological polar surface area (TPSA) is 49.3 Å². The molecule has 0 unspecified atom stereocenters. The van der Waals surface area contributed by atoms with Gasteiger partial charge in [0.1, 0.15) is 0 Å². The Bertz CT molecular complexity index is 406. The van der Waals surface area contributed by atoms with E-state index in [-0.39, 0.29) is 28.8 Å². The van der Waals surface area contributed by atoms with E-state index in [0.29, 0.717) is 0 Å². The standard InChI is InChI=1S/C11H12F3NO2S/c1-7(6-16)15-10(17)8-2-4-9(5-3-8)18-11(12,13)14/h2-5,7,16H,6H2,1H3,(H,15,17)/t7-/m1/s1. The van der Waals surface area contributed by atoms with Crippen LogP contribution in [0.1, 0.15) is 17.3 Å². The Kier molecular flexibility index (Phi) is 5.03. The lowest BCUT2D eigenvalue weighted by molar-refractivity contribution is -0.0328. The van der Waals surface area contributed by atoms with Crippen LogP contribution in [0.3, 0.4) is 0 Å². The molecule has 0 radical (unpaired) electrons. The molecule has 1 rings (SSSR count). The molecule has 7 heteroatoms. The van der Waals surface area contributed by atoms with Gasteiger partial charge in [0.25, 0.3) is 5.91 Å². The number of rotatable bonds is 4. The summed E-state index contributed by atoms with van der Waals surface area (Å²) < 4.78 is 36.2. The number of alkyl halides is 3. The summed E-state index contributed by atoms with van der Waals surface area (Å²) in [4.78, 5) is 11.6. The van der Waals surface area contributed by atoms with Gasteiger partial charge in [-0.2, -0.15) is 13.2 Å². The second-order valence-corrected chi connectivity index (χ2v) is 4.77. The molecule has 0 saturated heterocycles. The summed E-state index contributed by atoms with van der Waals surface area (Å²) in [6.07, 6.45) is 0. The first-order valence-corrected chi connectivity index (χ1v) is 5.91. The van der Waals surface area contributed by atoms with Crippen molar-refractivity contribution >= 4 is 17.7 Å². The van der Waals surface area contributed by atoms with Gasteiger partial charge in [0.05, 0.1) is 6.61 Å². The summed E-state index contributed by atoms with van der Waals surface area (Å²) in [5.74, 6) is -0.430. The number of carbonyl (C=O) groups excluding carboxylic acids is 1. The number of carbonyl (C=O) groups is 1. The van der Waals surface area contributed by atoms with Crippen LogP contribution in [-0.2, 0) is 0 Å². The number of amides is 1. The molecule has 0 fully saturated rings. The van der Waals surface area contributed by atoms with Gasteiger partial charge in [-0.3, -0.25) is 4.79 Å². The zero-order valence-electron chi connectivity index (χ0n) is 9.49. The molecule has 0 saturated carbocycles. The van der Waals surface area contributed by atoms with Crippen molar-refractivity contribution in [1.82, 2.24) is 5.32 Å². The molecule has 0 aliphatic heterocycles. The van der Waals surface area contributed by atoms with Gasteiger partial charge in [-0.15, -0.1) is 0 Å². The number of benzene rings is 1. The highest BCUT2D eigenvalue weighted by Gasteiger charge is 2.29. The minimum atomic E-state index is -4.34. The predicted molar refractivity (Wildman–Crippen MR) is 62.4 cm³/mol. The van der Waals surface area contributed by atoms with Crippen molar-refractivity contribution < 1.29 is 23.1 Å². The van der Waals surface area contributed by atoms with Crippen molar-refractivity contribution in [3.05, 3.63) is 29.8 Å². The highest BCUT2D eigenvalue weighted by molar-refractivity contribution is 8.00. The fourth-order valence-corrected chi connectivity index (χ4v) is 1.70. The minimum Gasteiger partial charge on any atom is -0.394 e. The Labute approximate surface area is 106 Å². The van der Waals surface area contributed by atoms with E-state index in [2.05, 4.69) is 5.32 Å². The molecule has 1 aromatic carbocycles. The number of aliphatic hydroxyl groups excluding tert-OH is 1. The van der Waals surface area contributed by atoms with E-state index >= 15 is 0 Å². The molecule has 0 aromatic heterocycles. The lowest BCUT2D eigenvalue weighted by atomic mass is 10.2. The Morgan fingerprint density at radius 2 is 1.94 bits per heavy atom. The van der Waals surface area contributed by atoms with Crippen LogP contribution in [0.4, 0.5) is 13.2 Å². The van der Waals surface area contributed by atoms with Gasteiger partial charge in [-0.05, 0) is 43.0 Å². The van der Waals surface area contributed by atoms with Gasteiger partial charge in [0.15, 0.2) is 0 Å². The molecule has 0 aliphatic rings. The first-order valence-electron chi connectivity index (χ1n) is 5.09. The third-order valence-corrected chi connectivity index (χ3v) is 2.74. The van der Waals surface area contributed by atoms with E-state index in [1.807, 2.05) is 0 Å². The van der Waals surface area contributed by atoms with Crippen molar-refractivity contribution in [1.29, 1.82) is 0 Å². The highest BCUT2D eigenvalue weighted by atomic mass is 32.2. The second kappa shape index (κ2) is 6.10. The quantitative estimate of drug-likeness (QED) is 0.832. The van der Waals surface area contributed by atoms with Gasteiger partial charge < -0.3 is 10.4 Å². The van der Waals surface area contributed by atoms with E-state index in [9.17, 15) is 18.0 Å². The summed E-state index contributed by atoms with van der Waals surface area (Å²) in [6.45, 7) is 1.42. The summed E-state index contributed by atoms with van der Waals surface area (Å²) in [6, 6.07) is 4.69. The molecule has 3 nitrogen and oxygen atoms in total. The second-order valence-electron chi connectivity index (χ2n) is 3.63. The molecule has 18 heavy (non-hydrogen) atoms. The average molecular weight is 279 g/mol. The van der Waals surface area contributed by atoms with Crippen LogP contribution in [0.2, 0.25) is 0 Å². The maximum atomic E-state index is 12.1. The van der Waals surface area contributed by atoms with Gasteiger partial charge in [0, 0.05) is 16.5 Å². The third-order valence-electron chi connectivity index (χ3n) is 2.00. The monoisotopic (exact) mass is 279 g/mol. The SMILES string of the molecule is C[C@H](CO)NC(=O)c1ccc(SC(F)(F)F)cc1. The maximum absolute atomic E-state index is 12.1. The van der Waals surface area contributed by atoms with Crippen molar-refractivity contribution in [3.63, 3.8) is 0 Å². The number of hydrogen-bond donors (Lipinski definition) is 2. The Balaban J connectivity index is 2.68. The van der Waals surface area contributed by atoms with E-state index < -0.39 is 17.5 Å². The van der Waals surface area contributed by atoms with Crippen LogP contribution in [-0.4, -0.2) is 29.2 Å². The lowest BCUT2D eigenvalue weighted by Gasteiger charge is -2.11. The highest BCUT2D eigenvalue weighted by Crippen LogP contribution is 2.36. The lowest BCUT2D eigenvalue weighted by Crippen LogP contribution is -2.34. The van der Waals surface area contributed by atoms with Crippen molar-refractivity contribution in [2.45, 2.75) is 23.4 Å². The largest absolute Gasteiger partial charge is 0.446 e. The first-order chi connectivity index (χ1) is 8.31. The summed E-state index contributed by atoms with van der Waals surface area (Å²) in [7, 11) is 0. The van der Waals surface area contributed by atoms with Crippen LogP contribution >= 0.6 is 11.8 Å². The van der Waals surface area contributed by atoms with Crippen LogP contribution in [0.5, 0.6) is 0 Å². The Hall–Kier alpha value is -1.21. The maximum Gasteiger partial charge on any atom is 0.446 e. The molecular formula is C11H12F3NO2S. The Morgan fingerprint density at radius 3 is 2.39 bits per heavy atom. The van der Waals surface area contributed by atoms with Gasteiger partial charge in [-0.25, -0.2) is 0 Å². The van der Waals surface area contributed by atoms with E-state index in [1.165, 1.54) is 24.3 Å². The molecule has 1 aromatic rings. The number of aliphatic hydroxyl groups is 1. The molecule has 2 N–H and O–H groups in total. The van der Waals surface area contributed by atoms with Gasteiger partial charge >= 0.3 is 5.51 Å².